The number of benzene rings is 1. The number of aromatic nitrogens is 3. The number of halogens is 1. The molecule has 0 bridgehead atoms. The first kappa shape index (κ1) is 15.5. The lowest BCUT2D eigenvalue weighted by Crippen LogP contribution is -2.49. The number of ether oxygens (including phenoxy) is 1. The fraction of sp³-hybridized carbons (Fsp3) is 0.333. The first-order valence-electron chi connectivity index (χ1n) is 7.27. The molecule has 7 nitrogen and oxygen atoms in total. The number of anilines is 1. The smallest absolute Gasteiger partial charge is 0.410 e. The fourth-order valence-electron chi connectivity index (χ4n) is 2.32. The Hall–Kier alpha value is -2.41. The Morgan fingerprint density at radius 1 is 1.13 bits per heavy atom. The van der Waals surface area contributed by atoms with Gasteiger partial charge in [-0.15, -0.1) is 0 Å². The second kappa shape index (κ2) is 7.23. The molecule has 1 saturated heterocycles. The Balaban J connectivity index is 1.49. The van der Waals surface area contributed by atoms with Crippen LogP contribution in [0.25, 0.3) is 0 Å². The van der Waals surface area contributed by atoms with E-state index < -0.39 is 0 Å². The van der Waals surface area contributed by atoms with Gasteiger partial charge in [0.1, 0.15) is 12.9 Å². The number of carbonyl (C=O) groups is 1. The third-order valence-electron chi connectivity index (χ3n) is 3.56. The second-order valence-electron chi connectivity index (χ2n) is 5.07. The molecule has 0 radical (unpaired) electrons. The Morgan fingerprint density at radius 3 is 2.57 bits per heavy atom. The Morgan fingerprint density at radius 2 is 1.87 bits per heavy atom. The zero-order chi connectivity index (χ0) is 16.1. The standard InChI is InChI=1S/C15H16ClN5O2/c16-13-17-11-18-14(19-13)20-6-8-21(9-7-20)15(22)23-10-12-4-2-1-3-5-12/h1-5,11H,6-10H2. The van der Waals surface area contributed by atoms with Crippen LogP contribution < -0.4 is 4.90 Å². The summed E-state index contributed by atoms with van der Waals surface area (Å²) in [6, 6.07) is 9.62. The van der Waals surface area contributed by atoms with E-state index in [-0.39, 0.29) is 18.0 Å². The van der Waals surface area contributed by atoms with E-state index in [9.17, 15) is 4.79 Å². The number of amides is 1. The molecule has 0 N–H and O–H groups in total. The zero-order valence-electron chi connectivity index (χ0n) is 12.4. The van der Waals surface area contributed by atoms with E-state index in [1.165, 1.54) is 6.33 Å². The summed E-state index contributed by atoms with van der Waals surface area (Å²) in [6.07, 6.45) is 1.08. The number of piperazine rings is 1. The van der Waals surface area contributed by atoms with E-state index in [1.54, 1.807) is 4.90 Å². The molecular formula is C15H16ClN5O2. The van der Waals surface area contributed by atoms with Crippen LogP contribution in [0.15, 0.2) is 36.7 Å². The van der Waals surface area contributed by atoms with Crippen molar-refractivity contribution in [3.8, 4) is 0 Å². The summed E-state index contributed by atoms with van der Waals surface area (Å²) in [5.74, 6) is 0.530. The molecule has 1 aliphatic heterocycles. The quantitative estimate of drug-likeness (QED) is 0.855. The molecule has 1 fully saturated rings. The number of hydrogen-bond acceptors (Lipinski definition) is 6. The van der Waals surface area contributed by atoms with Crippen LogP contribution in [0.3, 0.4) is 0 Å². The molecule has 120 valence electrons. The number of rotatable bonds is 3. The largest absolute Gasteiger partial charge is 0.445 e. The number of carbonyl (C=O) groups excluding carboxylic acids is 1. The first-order valence-corrected chi connectivity index (χ1v) is 7.65. The average Bonchev–Trinajstić information content (AvgIpc) is 2.61. The lowest BCUT2D eigenvalue weighted by Gasteiger charge is -2.33. The fourth-order valence-corrected chi connectivity index (χ4v) is 2.44. The molecule has 0 spiro atoms. The average molecular weight is 334 g/mol. The maximum Gasteiger partial charge on any atom is 0.410 e. The van der Waals surface area contributed by atoms with Crippen molar-refractivity contribution in [1.82, 2.24) is 19.9 Å². The van der Waals surface area contributed by atoms with Crippen molar-refractivity contribution in [2.24, 2.45) is 0 Å². The minimum atomic E-state index is -0.304. The van der Waals surface area contributed by atoms with Crippen molar-refractivity contribution in [2.75, 3.05) is 31.1 Å². The van der Waals surface area contributed by atoms with Crippen LogP contribution in [0, 0.1) is 0 Å². The highest BCUT2D eigenvalue weighted by molar-refractivity contribution is 6.28. The third kappa shape index (κ3) is 4.07. The lowest BCUT2D eigenvalue weighted by atomic mass is 10.2. The molecule has 0 aliphatic carbocycles. The summed E-state index contributed by atoms with van der Waals surface area (Å²) in [6.45, 7) is 2.64. The van der Waals surface area contributed by atoms with Crippen molar-refractivity contribution < 1.29 is 9.53 Å². The highest BCUT2D eigenvalue weighted by Crippen LogP contribution is 2.13. The summed E-state index contributed by atoms with van der Waals surface area (Å²) < 4.78 is 5.33. The van der Waals surface area contributed by atoms with Gasteiger partial charge in [0.2, 0.25) is 11.2 Å². The Kier molecular flexibility index (Phi) is 4.87. The van der Waals surface area contributed by atoms with Crippen LogP contribution in [0.4, 0.5) is 10.7 Å². The SMILES string of the molecule is O=C(OCc1ccccc1)N1CCN(c2ncnc(Cl)n2)CC1. The predicted molar refractivity (Wildman–Crippen MR) is 85.3 cm³/mol. The van der Waals surface area contributed by atoms with Crippen molar-refractivity contribution >= 4 is 23.6 Å². The first-order chi connectivity index (χ1) is 11.2. The van der Waals surface area contributed by atoms with Gasteiger partial charge in [0.15, 0.2) is 0 Å². The van der Waals surface area contributed by atoms with Gasteiger partial charge in [0, 0.05) is 26.2 Å². The van der Waals surface area contributed by atoms with Crippen LogP contribution in [0.2, 0.25) is 5.28 Å². The molecule has 0 atom stereocenters. The van der Waals surface area contributed by atoms with Gasteiger partial charge < -0.3 is 14.5 Å². The maximum atomic E-state index is 12.1. The topological polar surface area (TPSA) is 71.5 Å². The van der Waals surface area contributed by atoms with Gasteiger partial charge in [-0.1, -0.05) is 30.3 Å². The van der Waals surface area contributed by atoms with E-state index in [1.807, 2.05) is 35.2 Å². The van der Waals surface area contributed by atoms with Crippen LogP contribution in [0.5, 0.6) is 0 Å². The highest BCUT2D eigenvalue weighted by atomic mass is 35.5. The van der Waals surface area contributed by atoms with Gasteiger partial charge in [0.05, 0.1) is 0 Å². The van der Waals surface area contributed by atoms with Gasteiger partial charge in [0.25, 0.3) is 0 Å². The van der Waals surface area contributed by atoms with Crippen molar-refractivity contribution in [3.05, 3.63) is 47.5 Å². The molecule has 1 aliphatic rings. The number of hydrogen-bond donors (Lipinski definition) is 0. The molecule has 3 rings (SSSR count). The van der Waals surface area contributed by atoms with Crippen LogP contribution >= 0.6 is 11.6 Å². The molecule has 23 heavy (non-hydrogen) atoms. The normalized spacial score (nSPS) is 14.7. The summed E-state index contributed by atoms with van der Waals surface area (Å²) in [5.41, 5.74) is 0.972. The second-order valence-corrected chi connectivity index (χ2v) is 5.41. The monoisotopic (exact) mass is 333 g/mol. The summed E-state index contributed by atoms with van der Waals surface area (Å²) in [4.78, 5) is 27.7. The summed E-state index contributed by atoms with van der Waals surface area (Å²) in [7, 11) is 0. The molecule has 8 heteroatoms. The van der Waals surface area contributed by atoms with E-state index in [4.69, 9.17) is 16.3 Å². The number of nitrogens with zero attached hydrogens (tertiary/aromatic N) is 5. The molecular weight excluding hydrogens is 318 g/mol. The molecule has 1 amide bonds. The van der Waals surface area contributed by atoms with E-state index in [0.717, 1.165) is 5.56 Å². The van der Waals surface area contributed by atoms with Gasteiger partial charge >= 0.3 is 6.09 Å². The molecule has 1 aromatic heterocycles. The lowest BCUT2D eigenvalue weighted by molar-refractivity contribution is 0.0940. The minimum absolute atomic E-state index is 0.166. The van der Waals surface area contributed by atoms with E-state index in [0.29, 0.717) is 32.1 Å². The van der Waals surface area contributed by atoms with Gasteiger partial charge in [-0.05, 0) is 17.2 Å². The van der Waals surface area contributed by atoms with Crippen LogP contribution in [0.1, 0.15) is 5.56 Å². The molecule has 1 aromatic carbocycles. The van der Waals surface area contributed by atoms with E-state index in [2.05, 4.69) is 15.0 Å². The highest BCUT2D eigenvalue weighted by Gasteiger charge is 2.23. The zero-order valence-corrected chi connectivity index (χ0v) is 13.2. The molecule has 2 aromatic rings. The molecule has 2 heterocycles. The van der Waals surface area contributed by atoms with Crippen LogP contribution in [-0.4, -0.2) is 52.1 Å². The molecule has 0 unspecified atom stereocenters. The Labute approximate surface area is 138 Å². The van der Waals surface area contributed by atoms with E-state index >= 15 is 0 Å². The van der Waals surface area contributed by atoms with Crippen LogP contribution in [-0.2, 0) is 11.3 Å². The summed E-state index contributed by atoms with van der Waals surface area (Å²) >= 11 is 5.77. The minimum Gasteiger partial charge on any atom is -0.445 e. The van der Waals surface area contributed by atoms with Crippen molar-refractivity contribution in [3.63, 3.8) is 0 Å². The maximum absolute atomic E-state index is 12.1. The van der Waals surface area contributed by atoms with Gasteiger partial charge in [-0.3, -0.25) is 0 Å². The summed E-state index contributed by atoms with van der Waals surface area (Å²) in [5, 5.41) is 0.166. The van der Waals surface area contributed by atoms with Gasteiger partial charge in [-0.25, -0.2) is 14.8 Å². The third-order valence-corrected chi connectivity index (χ3v) is 3.74. The van der Waals surface area contributed by atoms with Crippen molar-refractivity contribution in [2.45, 2.75) is 6.61 Å². The molecule has 0 saturated carbocycles. The van der Waals surface area contributed by atoms with Crippen molar-refractivity contribution in [1.29, 1.82) is 0 Å². The van der Waals surface area contributed by atoms with Gasteiger partial charge in [-0.2, -0.15) is 4.98 Å². The Bertz CT molecular complexity index is 662. The predicted octanol–water partition coefficient (Wildman–Crippen LogP) is 1.98.